The summed E-state index contributed by atoms with van der Waals surface area (Å²) >= 11 is 2.98. The van der Waals surface area contributed by atoms with Crippen molar-refractivity contribution in [2.75, 3.05) is 5.32 Å². The Balaban J connectivity index is 2.20. The van der Waals surface area contributed by atoms with Crippen molar-refractivity contribution in [2.45, 2.75) is 29.1 Å². The van der Waals surface area contributed by atoms with E-state index in [9.17, 15) is 26.7 Å². The van der Waals surface area contributed by atoms with Gasteiger partial charge in [0.1, 0.15) is 5.01 Å². The van der Waals surface area contributed by atoms with Gasteiger partial charge >= 0.3 is 6.18 Å². The van der Waals surface area contributed by atoms with Crippen LogP contribution in [0, 0.1) is 0 Å². The maximum atomic E-state index is 12.6. The summed E-state index contributed by atoms with van der Waals surface area (Å²) in [6.07, 6.45) is -4.28. The number of sulfonamides is 1. The SMILES string of the molecule is NS(=O)(=O)c1ccc(NCc2ccc(C(F)(F)F)cc2)c(CC(O)Br)c1. The molecule has 5 nitrogen and oxygen atoms in total. The lowest BCUT2D eigenvalue weighted by Gasteiger charge is -2.15. The van der Waals surface area contributed by atoms with Crippen LogP contribution in [0.1, 0.15) is 16.7 Å². The number of nitrogens with one attached hydrogen (secondary N) is 1. The summed E-state index contributed by atoms with van der Waals surface area (Å²) in [5.41, 5.74) is 0.907. The molecular weight excluding hydrogens is 437 g/mol. The van der Waals surface area contributed by atoms with E-state index in [-0.39, 0.29) is 17.9 Å². The van der Waals surface area contributed by atoms with E-state index in [2.05, 4.69) is 21.2 Å². The van der Waals surface area contributed by atoms with Crippen LogP contribution in [0.4, 0.5) is 18.9 Å². The first-order valence-electron chi connectivity index (χ1n) is 7.34. The maximum absolute atomic E-state index is 12.6. The Hall–Kier alpha value is -1.62. The van der Waals surface area contributed by atoms with Crippen molar-refractivity contribution < 1.29 is 26.7 Å². The number of aliphatic hydroxyl groups excluding tert-OH is 1. The average molecular weight is 453 g/mol. The predicted octanol–water partition coefficient (Wildman–Crippen LogP) is 3.22. The molecule has 26 heavy (non-hydrogen) atoms. The fourth-order valence-electron chi connectivity index (χ4n) is 2.28. The van der Waals surface area contributed by atoms with Gasteiger partial charge < -0.3 is 10.4 Å². The molecule has 0 radical (unpaired) electrons. The lowest BCUT2D eigenvalue weighted by atomic mass is 10.1. The summed E-state index contributed by atoms with van der Waals surface area (Å²) in [5.74, 6) is 0. The van der Waals surface area contributed by atoms with Crippen molar-refractivity contribution in [3.63, 3.8) is 0 Å². The minimum absolute atomic E-state index is 0.0965. The molecule has 0 fully saturated rings. The zero-order valence-electron chi connectivity index (χ0n) is 13.3. The van der Waals surface area contributed by atoms with E-state index in [0.29, 0.717) is 16.8 Å². The van der Waals surface area contributed by atoms with Crippen LogP contribution < -0.4 is 10.5 Å². The molecule has 0 heterocycles. The fourth-order valence-corrected chi connectivity index (χ4v) is 3.19. The molecule has 0 spiro atoms. The number of hydrogen-bond donors (Lipinski definition) is 3. The van der Waals surface area contributed by atoms with Crippen LogP contribution in [0.15, 0.2) is 47.4 Å². The number of alkyl halides is 4. The van der Waals surface area contributed by atoms with Gasteiger partial charge in [0.25, 0.3) is 0 Å². The molecule has 2 aromatic rings. The highest BCUT2D eigenvalue weighted by atomic mass is 79.9. The van der Waals surface area contributed by atoms with E-state index in [1.54, 1.807) is 0 Å². The van der Waals surface area contributed by atoms with Crippen molar-refractivity contribution in [1.29, 1.82) is 0 Å². The molecule has 1 atom stereocenters. The largest absolute Gasteiger partial charge is 0.416 e. The van der Waals surface area contributed by atoms with Crippen molar-refractivity contribution in [2.24, 2.45) is 5.14 Å². The summed E-state index contributed by atoms with van der Waals surface area (Å²) in [5, 5.41) is 16.7. The molecule has 0 aliphatic heterocycles. The highest BCUT2D eigenvalue weighted by Gasteiger charge is 2.29. The fraction of sp³-hybridized carbons (Fsp3) is 0.250. The highest BCUT2D eigenvalue weighted by molar-refractivity contribution is 9.09. The first kappa shape index (κ1) is 20.7. The van der Waals surface area contributed by atoms with Gasteiger partial charge in [-0.3, -0.25) is 0 Å². The van der Waals surface area contributed by atoms with E-state index >= 15 is 0 Å². The molecule has 0 amide bonds. The standard InChI is InChI=1S/C16H16BrF3N2O3S/c17-15(23)8-11-7-13(26(21,24)25)5-6-14(11)22-9-10-1-3-12(4-2-10)16(18,19)20/h1-7,15,22-23H,8-9H2,(H2,21,24,25). The zero-order valence-corrected chi connectivity index (χ0v) is 15.7. The van der Waals surface area contributed by atoms with Gasteiger partial charge in [-0.2, -0.15) is 13.2 Å². The Morgan fingerprint density at radius 3 is 2.27 bits per heavy atom. The molecule has 2 aromatic carbocycles. The Labute approximate surface area is 157 Å². The lowest BCUT2D eigenvalue weighted by molar-refractivity contribution is -0.137. The maximum Gasteiger partial charge on any atom is 0.416 e. The van der Waals surface area contributed by atoms with Gasteiger partial charge in [0, 0.05) is 18.7 Å². The van der Waals surface area contributed by atoms with Crippen LogP contribution in [-0.4, -0.2) is 18.5 Å². The second kappa shape index (κ2) is 7.95. The number of nitrogens with two attached hydrogens (primary N) is 1. The van der Waals surface area contributed by atoms with Gasteiger partial charge in [-0.1, -0.05) is 28.1 Å². The first-order valence-corrected chi connectivity index (χ1v) is 9.81. The number of benzene rings is 2. The average Bonchev–Trinajstić information content (AvgIpc) is 2.51. The van der Waals surface area contributed by atoms with Crippen LogP contribution >= 0.6 is 15.9 Å². The van der Waals surface area contributed by atoms with Crippen LogP contribution in [-0.2, 0) is 29.2 Å². The molecular formula is C16H16BrF3N2O3S. The molecule has 0 saturated heterocycles. The third-order valence-corrected chi connectivity index (χ3v) is 4.79. The smallest absolute Gasteiger partial charge is 0.382 e. The summed E-state index contributed by atoms with van der Waals surface area (Å²) in [6.45, 7) is 0.220. The Kier molecular flexibility index (Phi) is 6.33. The number of hydrogen-bond acceptors (Lipinski definition) is 4. The van der Waals surface area contributed by atoms with Crippen molar-refractivity contribution in [3.05, 3.63) is 59.2 Å². The third kappa shape index (κ3) is 5.70. The van der Waals surface area contributed by atoms with Gasteiger partial charge in [0.2, 0.25) is 10.0 Å². The van der Waals surface area contributed by atoms with Crippen molar-refractivity contribution in [1.82, 2.24) is 0 Å². The van der Waals surface area contributed by atoms with Gasteiger partial charge in [0.15, 0.2) is 0 Å². The molecule has 0 saturated carbocycles. The van der Waals surface area contributed by atoms with E-state index in [0.717, 1.165) is 12.1 Å². The van der Waals surface area contributed by atoms with Gasteiger partial charge in [-0.15, -0.1) is 0 Å². The van der Waals surface area contributed by atoms with Crippen LogP contribution in [0.3, 0.4) is 0 Å². The molecule has 10 heteroatoms. The van der Waals surface area contributed by atoms with Gasteiger partial charge in [0.05, 0.1) is 10.5 Å². The summed E-state index contributed by atoms with van der Waals surface area (Å²) in [4.78, 5) is -0.0965. The Morgan fingerprint density at radius 1 is 1.15 bits per heavy atom. The summed E-state index contributed by atoms with van der Waals surface area (Å²) < 4.78 is 60.7. The normalized spacial score (nSPS) is 13.5. The van der Waals surface area contributed by atoms with Gasteiger partial charge in [-0.05, 0) is 41.5 Å². The second-order valence-electron chi connectivity index (χ2n) is 5.55. The third-order valence-electron chi connectivity index (χ3n) is 3.56. The first-order chi connectivity index (χ1) is 12.0. The molecule has 4 N–H and O–H groups in total. The van der Waals surface area contributed by atoms with Crippen molar-refractivity contribution in [3.8, 4) is 0 Å². The zero-order chi connectivity index (χ0) is 19.5. The number of aliphatic hydroxyl groups is 1. The molecule has 0 aromatic heterocycles. The number of primary sulfonamides is 1. The van der Waals surface area contributed by atoms with Crippen LogP contribution in [0.2, 0.25) is 0 Å². The molecule has 2 rings (SSSR count). The van der Waals surface area contributed by atoms with Crippen LogP contribution in [0.5, 0.6) is 0 Å². The molecule has 0 aliphatic carbocycles. The minimum atomic E-state index is -4.39. The number of anilines is 1. The topological polar surface area (TPSA) is 92.4 Å². The summed E-state index contributed by atoms with van der Waals surface area (Å²) in [6, 6.07) is 8.84. The number of halogens is 4. The summed E-state index contributed by atoms with van der Waals surface area (Å²) in [7, 11) is -3.89. The van der Waals surface area contributed by atoms with Crippen LogP contribution in [0.25, 0.3) is 0 Å². The highest BCUT2D eigenvalue weighted by Crippen LogP contribution is 2.29. The molecule has 0 bridgehead atoms. The molecule has 1 unspecified atom stereocenters. The minimum Gasteiger partial charge on any atom is -0.382 e. The second-order valence-corrected chi connectivity index (χ2v) is 8.17. The van der Waals surface area contributed by atoms with E-state index in [1.165, 1.54) is 30.3 Å². The predicted molar refractivity (Wildman–Crippen MR) is 95.2 cm³/mol. The monoisotopic (exact) mass is 452 g/mol. The van der Waals surface area contributed by atoms with E-state index in [1.807, 2.05) is 0 Å². The van der Waals surface area contributed by atoms with E-state index in [4.69, 9.17) is 5.14 Å². The Morgan fingerprint density at radius 2 is 1.77 bits per heavy atom. The number of rotatable bonds is 6. The molecule has 0 aliphatic rings. The van der Waals surface area contributed by atoms with Gasteiger partial charge in [-0.25, -0.2) is 13.6 Å². The Bertz CT molecular complexity index is 869. The lowest BCUT2D eigenvalue weighted by Crippen LogP contribution is -2.14. The molecule has 142 valence electrons. The van der Waals surface area contributed by atoms with E-state index < -0.39 is 26.8 Å². The quantitative estimate of drug-likeness (QED) is 0.586. The van der Waals surface area contributed by atoms with Crippen molar-refractivity contribution >= 4 is 31.6 Å².